The second kappa shape index (κ2) is 8.14. The van der Waals surface area contributed by atoms with Crippen LogP contribution >= 0.6 is 0 Å². The van der Waals surface area contributed by atoms with Crippen LogP contribution in [0.4, 0.5) is 4.79 Å². The van der Waals surface area contributed by atoms with Gasteiger partial charge in [0.1, 0.15) is 6.04 Å². The Bertz CT molecular complexity index is 638. The number of rotatable bonds is 7. The van der Waals surface area contributed by atoms with Gasteiger partial charge in [-0.2, -0.15) is 0 Å². The minimum atomic E-state index is -0.797. The summed E-state index contributed by atoms with van der Waals surface area (Å²) in [6.45, 7) is 8.44. The van der Waals surface area contributed by atoms with Crippen molar-refractivity contribution in [1.29, 1.82) is 0 Å². The predicted molar refractivity (Wildman–Crippen MR) is 95.8 cm³/mol. The topological polar surface area (TPSA) is 87.3 Å². The molecule has 25 heavy (non-hydrogen) atoms. The van der Waals surface area contributed by atoms with Crippen LogP contribution in [0.25, 0.3) is 0 Å². The van der Waals surface area contributed by atoms with Crippen LogP contribution in [0.5, 0.6) is 0 Å². The largest absolute Gasteiger partial charge is 0.349 e. The van der Waals surface area contributed by atoms with Crippen LogP contribution in [-0.2, 0) is 16.0 Å². The van der Waals surface area contributed by atoms with Gasteiger partial charge >= 0.3 is 6.03 Å². The first kappa shape index (κ1) is 19.0. The van der Waals surface area contributed by atoms with Gasteiger partial charge in [-0.1, -0.05) is 52.0 Å². The van der Waals surface area contributed by atoms with Gasteiger partial charge in [-0.3, -0.25) is 14.9 Å². The van der Waals surface area contributed by atoms with Crippen LogP contribution in [-0.4, -0.2) is 23.9 Å². The molecule has 1 heterocycles. The van der Waals surface area contributed by atoms with Crippen molar-refractivity contribution in [2.24, 2.45) is 11.8 Å². The number of urea groups is 1. The summed E-state index contributed by atoms with van der Waals surface area (Å²) in [6.07, 6.45) is 0.960. The summed E-state index contributed by atoms with van der Waals surface area (Å²) in [5.41, 5.74) is 2.31. The molecule has 3 N–H and O–H groups in total. The highest BCUT2D eigenvalue weighted by Gasteiger charge is 2.32. The molecule has 0 aromatic heterocycles. The van der Waals surface area contributed by atoms with Crippen molar-refractivity contribution in [2.75, 3.05) is 0 Å². The first-order chi connectivity index (χ1) is 11.8. The number of amides is 4. The Balaban J connectivity index is 2.01. The van der Waals surface area contributed by atoms with Crippen molar-refractivity contribution in [2.45, 2.75) is 52.6 Å². The van der Waals surface area contributed by atoms with Crippen molar-refractivity contribution in [3.05, 3.63) is 35.4 Å². The van der Waals surface area contributed by atoms with Gasteiger partial charge in [-0.05, 0) is 29.4 Å². The molecule has 136 valence electrons. The van der Waals surface area contributed by atoms with E-state index >= 15 is 0 Å². The molecular formula is C19H27N3O3. The maximum atomic E-state index is 12.3. The van der Waals surface area contributed by atoms with E-state index in [1.54, 1.807) is 0 Å². The van der Waals surface area contributed by atoms with E-state index in [0.29, 0.717) is 5.92 Å². The molecule has 2 unspecified atom stereocenters. The molecule has 4 amide bonds. The predicted octanol–water partition coefficient (Wildman–Crippen LogP) is 2.30. The minimum Gasteiger partial charge on any atom is -0.349 e. The molecule has 1 aromatic carbocycles. The molecule has 1 aromatic rings. The Kier molecular flexibility index (Phi) is 6.17. The van der Waals surface area contributed by atoms with Crippen LogP contribution < -0.4 is 16.0 Å². The Morgan fingerprint density at radius 1 is 1.12 bits per heavy atom. The molecule has 0 bridgehead atoms. The summed E-state index contributed by atoms with van der Waals surface area (Å²) in [6, 6.07) is 6.81. The van der Waals surface area contributed by atoms with Crippen molar-refractivity contribution in [1.82, 2.24) is 16.0 Å². The van der Waals surface area contributed by atoms with E-state index in [4.69, 9.17) is 0 Å². The zero-order chi connectivity index (χ0) is 18.6. The van der Waals surface area contributed by atoms with Gasteiger partial charge in [0.25, 0.3) is 5.91 Å². The number of carbonyl (C=O) groups is 3. The normalized spacial score (nSPS) is 18.2. The number of nitrogens with one attached hydrogen (secondary N) is 3. The number of hydrogen-bond donors (Lipinski definition) is 3. The average Bonchev–Trinajstić information content (AvgIpc) is 2.82. The molecule has 6 nitrogen and oxygen atoms in total. The Hall–Kier alpha value is -2.37. The van der Waals surface area contributed by atoms with Crippen LogP contribution in [0.15, 0.2) is 24.3 Å². The molecule has 0 spiro atoms. The third-order valence-electron chi connectivity index (χ3n) is 4.21. The van der Waals surface area contributed by atoms with Gasteiger partial charge in [0, 0.05) is 0 Å². The van der Waals surface area contributed by atoms with E-state index in [2.05, 4.69) is 41.9 Å². The molecule has 1 saturated heterocycles. The minimum absolute atomic E-state index is 0.0633. The lowest BCUT2D eigenvalue weighted by molar-refractivity contribution is -0.127. The van der Waals surface area contributed by atoms with Crippen LogP contribution in [0, 0.1) is 11.8 Å². The molecule has 0 radical (unpaired) electrons. The van der Waals surface area contributed by atoms with Gasteiger partial charge in [-0.15, -0.1) is 0 Å². The highest BCUT2D eigenvalue weighted by molar-refractivity contribution is 6.05. The van der Waals surface area contributed by atoms with Crippen molar-refractivity contribution < 1.29 is 14.4 Å². The lowest BCUT2D eigenvalue weighted by atomic mass is 9.93. The second-order valence-corrected chi connectivity index (χ2v) is 7.35. The zero-order valence-corrected chi connectivity index (χ0v) is 15.3. The number of hydrogen-bond acceptors (Lipinski definition) is 3. The fourth-order valence-electron chi connectivity index (χ4n) is 2.99. The van der Waals surface area contributed by atoms with E-state index < -0.39 is 18.0 Å². The number of carbonyl (C=O) groups excluding carboxylic acids is 3. The average molecular weight is 345 g/mol. The maximum absolute atomic E-state index is 12.3. The summed E-state index contributed by atoms with van der Waals surface area (Å²) < 4.78 is 0. The zero-order valence-electron chi connectivity index (χ0n) is 15.3. The van der Waals surface area contributed by atoms with Gasteiger partial charge in [-0.25, -0.2) is 4.79 Å². The summed E-state index contributed by atoms with van der Waals surface area (Å²) in [5.74, 6) is 0.0812. The van der Waals surface area contributed by atoms with Gasteiger partial charge in [0.15, 0.2) is 0 Å². The third-order valence-corrected chi connectivity index (χ3v) is 4.21. The van der Waals surface area contributed by atoms with Crippen molar-refractivity contribution in [3.63, 3.8) is 0 Å². The Morgan fingerprint density at radius 2 is 1.76 bits per heavy atom. The van der Waals surface area contributed by atoms with Crippen molar-refractivity contribution >= 4 is 17.8 Å². The lowest BCUT2D eigenvalue weighted by Crippen LogP contribution is -2.38. The standard InChI is InChI=1S/C19H27N3O3/c1-11(2)9-13-5-7-14(8-6-13)17(12(3)4)21-16(23)10-15-18(24)22-19(25)20-15/h5-8,11-12,15,17H,9-10H2,1-4H3,(H,21,23)(H2,20,22,24,25). The molecule has 1 fully saturated rings. The summed E-state index contributed by atoms with van der Waals surface area (Å²) in [4.78, 5) is 35.0. The van der Waals surface area contributed by atoms with Crippen LogP contribution in [0.2, 0.25) is 0 Å². The van der Waals surface area contributed by atoms with E-state index in [9.17, 15) is 14.4 Å². The lowest BCUT2D eigenvalue weighted by Gasteiger charge is -2.24. The highest BCUT2D eigenvalue weighted by atomic mass is 16.2. The molecule has 2 rings (SSSR count). The number of imide groups is 1. The quantitative estimate of drug-likeness (QED) is 0.663. The molecule has 1 aliphatic rings. The first-order valence-electron chi connectivity index (χ1n) is 8.75. The van der Waals surface area contributed by atoms with E-state index in [1.165, 1.54) is 5.56 Å². The Morgan fingerprint density at radius 3 is 2.24 bits per heavy atom. The Labute approximate surface area is 148 Å². The smallest absolute Gasteiger partial charge is 0.322 e. The van der Waals surface area contributed by atoms with Crippen LogP contribution in [0.3, 0.4) is 0 Å². The molecular weight excluding hydrogens is 318 g/mol. The third kappa shape index (κ3) is 5.31. The monoisotopic (exact) mass is 345 g/mol. The molecule has 2 atom stereocenters. The van der Waals surface area contributed by atoms with Gasteiger partial charge < -0.3 is 10.6 Å². The number of benzene rings is 1. The summed E-state index contributed by atoms with van der Waals surface area (Å²) in [7, 11) is 0. The second-order valence-electron chi connectivity index (χ2n) is 7.35. The SMILES string of the molecule is CC(C)Cc1ccc(C(NC(=O)CC2NC(=O)NC2=O)C(C)C)cc1. The fourth-order valence-corrected chi connectivity index (χ4v) is 2.99. The van der Waals surface area contributed by atoms with E-state index in [-0.39, 0.29) is 24.3 Å². The summed E-state index contributed by atoms with van der Waals surface area (Å²) >= 11 is 0. The van der Waals surface area contributed by atoms with E-state index in [0.717, 1.165) is 12.0 Å². The van der Waals surface area contributed by atoms with Crippen LogP contribution in [0.1, 0.15) is 51.3 Å². The van der Waals surface area contributed by atoms with E-state index in [1.807, 2.05) is 26.0 Å². The van der Waals surface area contributed by atoms with Gasteiger partial charge in [0.2, 0.25) is 5.91 Å². The molecule has 6 heteroatoms. The maximum Gasteiger partial charge on any atom is 0.322 e. The molecule has 1 aliphatic heterocycles. The summed E-state index contributed by atoms with van der Waals surface area (Å²) in [5, 5.41) is 7.56. The first-order valence-corrected chi connectivity index (χ1v) is 8.75. The molecule has 0 saturated carbocycles. The fraction of sp³-hybridized carbons (Fsp3) is 0.526. The van der Waals surface area contributed by atoms with Crippen molar-refractivity contribution in [3.8, 4) is 0 Å². The highest BCUT2D eigenvalue weighted by Crippen LogP contribution is 2.23. The van der Waals surface area contributed by atoms with Gasteiger partial charge in [0.05, 0.1) is 12.5 Å². The molecule has 0 aliphatic carbocycles.